The van der Waals surface area contributed by atoms with Crippen LogP contribution in [0, 0.1) is 28.5 Å². The summed E-state index contributed by atoms with van der Waals surface area (Å²) in [6.45, 7) is 8.62. The number of anilines is 1. The Balaban J connectivity index is 1.17. The molecule has 232 valence electrons. The smallest absolute Gasteiger partial charge is 0.319 e. The van der Waals surface area contributed by atoms with Crippen LogP contribution in [0.1, 0.15) is 55.6 Å². The molecule has 2 unspecified atom stereocenters. The van der Waals surface area contributed by atoms with Crippen LogP contribution in [0.2, 0.25) is 0 Å². The first kappa shape index (κ1) is 28.4. The van der Waals surface area contributed by atoms with E-state index in [1.54, 1.807) is 11.1 Å². The summed E-state index contributed by atoms with van der Waals surface area (Å²) in [7, 11) is 0. The highest BCUT2D eigenvalue weighted by Gasteiger charge is 2.47. The van der Waals surface area contributed by atoms with Gasteiger partial charge in [0.15, 0.2) is 5.82 Å². The van der Waals surface area contributed by atoms with Gasteiger partial charge in [-0.2, -0.15) is 15.2 Å². The molecule has 10 heteroatoms. The summed E-state index contributed by atoms with van der Waals surface area (Å²) >= 11 is 0. The number of ether oxygens (including phenoxy) is 1. The predicted octanol–water partition coefficient (Wildman–Crippen LogP) is 4.86. The molecule has 1 amide bonds. The van der Waals surface area contributed by atoms with Gasteiger partial charge in [0.05, 0.1) is 30.5 Å². The maximum absolute atomic E-state index is 16.7. The minimum atomic E-state index is -0.467. The number of aromatic nitrogens is 3. The maximum atomic E-state index is 16.7. The predicted molar refractivity (Wildman–Crippen MR) is 168 cm³/mol. The molecular formula is C35H38FN7O2. The first-order chi connectivity index (χ1) is 22.0. The summed E-state index contributed by atoms with van der Waals surface area (Å²) in [5.41, 5.74) is 3.98. The second-order valence-electron chi connectivity index (χ2n) is 13.7. The van der Waals surface area contributed by atoms with Crippen LogP contribution in [-0.4, -0.2) is 82.6 Å². The maximum Gasteiger partial charge on any atom is 0.319 e. The van der Waals surface area contributed by atoms with Crippen LogP contribution < -0.4 is 9.64 Å². The zero-order chi connectivity index (χ0) is 30.7. The van der Waals surface area contributed by atoms with E-state index in [-0.39, 0.29) is 35.3 Å². The van der Waals surface area contributed by atoms with Gasteiger partial charge in [0, 0.05) is 43.4 Å². The molecule has 4 fully saturated rings. The summed E-state index contributed by atoms with van der Waals surface area (Å²) in [4.78, 5) is 33.0. The molecule has 4 heterocycles. The van der Waals surface area contributed by atoms with Gasteiger partial charge in [-0.15, -0.1) is 0 Å². The molecule has 3 aromatic rings. The van der Waals surface area contributed by atoms with Crippen molar-refractivity contribution in [3.05, 3.63) is 54.0 Å². The highest BCUT2D eigenvalue weighted by Crippen LogP contribution is 2.58. The number of carbonyl (C=O) groups is 1. The minimum absolute atomic E-state index is 0.0880. The van der Waals surface area contributed by atoms with Gasteiger partial charge in [-0.25, -0.2) is 4.39 Å². The van der Waals surface area contributed by atoms with Gasteiger partial charge in [-0.1, -0.05) is 24.8 Å². The van der Waals surface area contributed by atoms with E-state index in [0.717, 1.165) is 50.9 Å². The fourth-order valence-electron chi connectivity index (χ4n) is 7.95. The molecule has 2 saturated carbocycles. The zero-order valence-corrected chi connectivity index (χ0v) is 25.6. The van der Waals surface area contributed by atoms with Crippen molar-refractivity contribution >= 4 is 22.6 Å². The molecule has 2 aliphatic heterocycles. The molecule has 3 atom stereocenters. The molecular weight excluding hydrogens is 569 g/mol. The number of halogens is 1. The van der Waals surface area contributed by atoms with E-state index in [1.165, 1.54) is 30.0 Å². The fraction of sp³-hybridized carbons (Fsp3) is 0.514. The van der Waals surface area contributed by atoms with Gasteiger partial charge in [0.1, 0.15) is 17.0 Å². The van der Waals surface area contributed by atoms with E-state index < -0.39 is 5.82 Å². The van der Waals surface area contributed by atoms with Crippen molar-refractivity contribution in [1.82, 2.24) is 24.8 Å². The van der Waals surface area contributed by atoms with Crippen molar-refractivity contribution in [3.63, 3.8) is 0 Å². The Morgan fingerprint density at radius 3 is 2.82 bits per heavy atom. The molecule has 45 heavy (non-hydrogen) atoms. The Morgan fingerprint density at radius 2 is 2.04 bits per heavy atom. The van der Waals surface area contributed by atoms with Crippen LogP contribution >= 0.6 is 0 Å². The van der Waals surface area contributed by atoms with Crippen molar-refractivity contribution in [2.24, 2.45) is 11.3 Å². The number of piperazine rings is 1. The fourth-order valence-corrected chi connectivity index (χ4v) is 7.95. The molecule has 2 aromatic heterocycles. The third kappa shape index (κ3) is 5.11. The van der Waals surface area contributed by atoms with E-state index in [2.05, 4.69) is 23.6 Å². The van der Waals surface area contributed by atoms with Crippen molar-refractivity contribution < 1.29 is 13.9 Å². The lowest BCUT2D eigenvalue weighted by Crippen LogP contribution is -2.55. The summed E-state index contributed by atoms with van der Waals surface area (Å²) in [6.07, 6.45) is 10.0. The van der Waals surface area contributed by atoms with E-state index in [4.69, 9.17) is 19.7 Å². The number of benzene rings is 1. The third-order valence-electron chi connectivity index (χ3n) is 10.7. The molecule has 2 saturated heterocycles. The summed E-state index contributed by atoms with van der Waals surface area (Å²) in [6, 6.07) is 8.15. The third-order valence-corrected chi connectivity index (χ3v) is 10.7. The Hall–Kier alpha value is -4.10. The van der Waals surface area contributed by atoms with Crippen molar-refractivity contribution in [1.29, 1.82) is 5.26 Å². The van der Waals surface area contributed by atoms with Crippen LogP contribution in [0.25, 0.3) is 22.2 Å². The molecule has 8 rings (SSSR count). The average molecular weight is 608 g/mol. The van der Waals surface area contributed by atoms with Gasteiger partial charge < -0.3 is 19.4 Å². The molecule has 5 aliphatic rings. The van der Waals surface area contributed by atoms with Gasteiger partial charge >= 0.3 is 6.01 Å². The monoisotopic (exact) mass is 607 g/mol. The second-order valence-corrected chi connectivity index (χ2v) is 13.7. The topological polar surface area (TPSA) is 98.5 Å². The van der Waals surface area contributed by atoms with Gasteiger partial charge in [0.25, 0.3) is 0 Å². The Kier molecular flexibility index (Phi) is 6.97. The normalized spacial score (nSPS) is 24.7. The van der Waals surface area contributed by atoms with E-state index >= 15 is 4.39 Å². The number of hydrogen-bond donors (Lipinski definition) is 0. The van der Waals surface area contributed by atoms with E-state index in [1.807, 2.05) is 17.0 Å². The first-order valence-corrected chi connectivity index (χ1v) is 16.4. The number of carbonyl (C=O) groups excluding carboxylic acids is 1. The molecule has 0 N–H and O–H groups in total. The van der Waals surface area contributed by atoms with Crippen LogP contribution in [0.15, 0.2) is 37.1 Å². The van der Waals surface area contributed by atoms with E-state index in [9.17, 15) is 10.1 Å². The van der Waals surface area contributed by atoms with Crippen LogP contribution in [0.3, 0.4) is 0 Å². The van der Waals surface area contributed by atoms with Gasteiger partial charge in [0.2, 0.25) is 5.91 Å². The Labute approximate surface area is 262 Å². The first-order valence-electron chi connectivity index (χ1n) is 16.4. The summed E-state index contributed by atoms with van der Waals surface area (Å²) in [5, 5.41) is 10.0. The minimum Gasteiger partial charge on any atom is -0.463 e. The molecule has 0 radical (unpaired) electrons. The number of likely N-dealkylation sites (tertiary alicyclic amines) is 1. The summed E-state index contributed by atoms with van der Waals surface area (Å²) in [5.74, 6) is 1.01. The standard InChI is InChI=1S/C35H38FN7O2/c1-2-28(44)43-15-14-42(19-24(43)8-11-37)33-27-18-38-31(25-7-5-6-22-16-23-17-26(23)29(22)25)30(36)32(27)39-34(40-33)45-21-35(9-10-35)20-41-12-3-4-13-41/h2,5-7,18,23-24,26H,1,3-4,8-10,12-17,19-21H2/t23?,24-,26?/m0/s1. The van der Waals surface area contributed by atoms with Crippen LogP contribution in [0.5, 0.6) is 6.01 Å². The molecule has 9 nitrogen and oxygen atoms in total. The zero-order valence-electron chi connectivity index (χ0n) is 25.6. The number of nitrogens with zero attached hydrogens (tertiary/aromatic N) is 7. The summed E-state index contributed by atoms with van der Waals surface area (Å²) < 4.78 is 23.1. The second kappa shape index (κ2) is 11.1. The molecule has 0 bridgehead atoms. The number of hydrogen-bond acceptors (Lipinski definition) is 8. The lowest BCUT2D eigenvalue weighted by molar-refractivity contribution is -0.128. The number of nitriles is 1. The molecule has 1 aromatic carbocycles. The quantitative estimate of drug-likeness (QED) is 0.318. The largest absolute Gasteiger partial charge is 0.463 e. The number of pyridine rings is 1. The van der Waals surface area contributed by atoms with Crippen LogP contribution in [-0.2, 0) is 11.2 Å². The highest BCUT2D eigenvalue weighted by atomic mass is 19.1. The van der Waals surface area contributed by atoms with Crippen molar-refractivity contribution in [2.45, 2.75) is 56.9 Å². The van der Waals surface area contributed by atoms with Gasteiger partial charge in [-0.05, 0) is 80.7 Å². The average Bonchev–Trinajstić information content (AvgIpc) is 3.90. The van der Waals surface area contributed by atoms with Gasteiger partial charge in [-0.3, -0.25) is 9.78 Å². The lowest BCUT2D eigenvalue weighted by Gasteiger charge is -2.41. The Morgan fingerprint density at radius 1 is 1.20 bits per heavy atom. The highest BCUT2D eigenvalue weighted by molar-refractivity contribution is 5.93. The van der Waals surface area contributed by atoms with E-state index in [0.29, 0.717) is 55.0 Å². The van der Waals surface area contributed by atoms with Crippen LogP contribution in [0.4, 0.5) is 10.2 Å². The van der Waals surface area contributed by atoms with Crippen molar-refractivity contribution in [3.8, 4) is 23.3 Å². The molecule has 3 aliphatic carbocycles. The Bertz CT molecular complexity index is 1730. The molecule has 0 spiro atoms. The SMILES string of the molecule is C=CC(=O)N1CCN(c2nc(OCC3(CN4CCCC4)CC3)nc3c(F)c(-c4cccc5c4C4CC4C5)ncc23)C[C@@H]1CC#N. The number of rotatable bonds is 9. The lowest BCUT2D eigenvalue weighted by atomic mass is 9.96. The number of amides is 1. The number of fused-ring (bicyclic) bond motifs is 4. The van der Waals surface area contributed by atoms with Crippen molar-refractivity contribution in [2.75, 3.05) is 50.8 Å².